The maximum Gasteiger partial charge on any atom is 0.126 e. The van der Waals surface area contributed by atoms with Crippen LogP contribution < -0.4 is 16.0 Å². The maximum absolute atomic E-state index is 13.4. The van der Waals surface area contributed by atoms with E-state index in [1.54, 1.807) is 0 Å². The molecule has 3 rings (SSSR count). The van der Waals surface area contributed by atoms with E-state index in [2.05, 4.69) is 5.43 Å². The Bertz CT molecular complexity index is 628. The van der Waals surface area contributed by atoms with E-state index in [0.29, 0.717) is 12.2 Å². The molecule has 0 spiro atoms. The first kappa shape index (κ1) is 14.0. The van der Waals surface area contributed by atoms with Gasteiger partial charge in [-0.2, -0.15) is 0 Å². The summed E-state index contributed by atoms with van der Waals surface area (Å²) < 4.78 is 32.5. The zero-order valence-corrected chi connectivity index (χ0v) is 11.4. The number of ether oxygens (including phenoxy) is 1. The van der Waals surface area contributed by atoms with E-state index in [4.69, 9.17) is 10.6 Å². The van der Waals surface area contributed by atoms with Gasteiger partial charge in [-0.05, 0) is 35.7 Å². The number of fused-ring (bicyclic) bond motifs is 1. The molecule has 0 aromatic heterocycles. The first-order valence-corrected chi connectivity index (χ1v) is 6.80. The van der Waals surface area contributed by atoms with Crippen molar-refractivity contribution in [2.45, 2.75) is 12.5 Å². The highest BCUT2D eigenvalue weighted by Crippen LogP contribution is 2.33. The number of para-hydroxylation sites is 1. The van der Waals surface area contributed by atoms with Gasteiger partial charge < -0.3 is 4.74 Å². The Hall–Kier alpha value is -1.98. The summed E-state index contributed by atoms with van der Waals surface area (Å²) >= 11 is 0. The van der Waals surface area contributed by atoms with Crippen molar-refractivity contribution in [1.29, 1.82) is 0 Å². The molecule has 1 heterocycles. The number of hydrazine groups is 1. The summed E-state index contributed by atoms with van der Waals surface area (Å²) in [7, 11) is 0. The van der Waals surface area contributed by atoms with Crippen LogP contribution in [0.4, 0.5) is 8.78 Å². The van der Waals surface area contributed by atoms with Gasteiger partial charge in [0.2, 0.25) is 0 Å². The average molecular weight is 290 g/mol. The molecule has 110 valence electrons. The van der Waals surface area contributed by atoms with Crippen molar-refractivity contribution >= 4 is 0 Å². The number of nitrogens with one attached hydrogen (secondary N) is 1. The third-order valence-corrected chi connectivity index (χ3v) is 3.80. The van der Waals surface area contributed by atoms with Gasteiger partial charge in [0.15, 0.2) is 0 Å². The second-order valence-corrected chi connectivity index (χ2v) is 5.23. The minimum absolute atomic E-state index is 0.00565. The second-order valence-electron chi connectivity index (χ2n) is 5.23. The molecule has 0 bridgehead atoms. The lowest BCUT2D eigenvalue weighted by molar-refractivity contribution is 0.184. The van der Waals surface area contributed by atoms with Gasteiger partial charge >= 0.3 is 0 Å². The number of hydrogen-bond acceptors (Lipinski definition) is 3. The van der Waals surface area contributed by atoms with Crippen molar-refractivity contribution < 1.29 is 13.5 Å². The second kappa shape index (κ2) is 5.79. The largest absolute Gasteiger partial charge is 0.493 e. The van der Waals surface area contributed by atoms with Gasteiger partial charge in [-0.15, -0.1) is 0 Å². The van der Waals surface area contributed by atoms with Crippen molar-refractivity contribution in [1.82, 2.24) is 5.43 Å². The monoisotopic (exact) mass is 290 g/mol. The zero-order valence-electron chi connectivity index (χ0n) is 11.4. The van der Waals surface area contributed by atoms with E-state index in [9.17, 15) is 8.78 Å². The fourth-order valence-corrected chi connectivity index (χ4v) is 2.82. The molecule has 2 unspecified atom stereocenters. The van der Waals surface area contributed by atoms with Crippen molar-refractivity contribution in [2.24, 2.45) is 11.8 Å². The van der Waals surface area contributed by atoms with E-state index in [0.717, 1.165) is 23.8 Å². The lowest BCUT2D eigenvalue weighted by Gasteiger charge is -2.31. The number of halogens is 2. The summed E-state index contributed by atoms with van der Waals surface area (Å²) in [6.07, 6.45) is 0.739. The van der Waals surface area contributed by atoms with Crippen molar-refractivity contribution in [2.75, 3.05) is 6.61 Å². The normalized spacial score (nSPS) is 18.7. The van der Waals surface area contributed by atoms with Crippen LogP contribution >= 0.6 is 0 Å². The lowest BCUT2D eigenvalue weighted by atomic mass is 9.87. The first-order valence-electron chi connectivity index (χ1n) is 6.80. The highest BCUT2D eigenvalue weighted by molar-refractivity contribution is 5.36. The molecule has 0 fully saturated rings. The molecule has 3 nitrogen and oxygen atoms in total. The molecule has 0 radical (unpaired) electrons. The topological polar surface area (TPSA) is 47.3 Å². The Morgan fingerprint density at radius 3 is 2.57 bits per heavy atom. The minimum atomic E-state index is -0.609. The molecule has 1 aliphatic rings. The molecule has 0 saturated carbocycles. The van der Waals surface area contributed by atoms with Crippen molar-refractivity contribution in [3.05, 3.63) is 65.2 Å². The highest BCUT2D eigenvalue weighted by atomic mass is 19.1. The Labute approximate surface area is 121 Å². The predicted octanol–water partition coefficient (Wildman–Crippen LogP) is 2.72. The summed E-state index contributed by atoms with van der Waals surface area (Å²) in [5, 5.41) is 0. The fourth-order valence-electron chi connectivity index (χ4n) is 2.82. The lowest BCUT2D eigenvalue weighted by Crippen LogP contribution is -2.38. The molecule has 0 aliphatic carbocycles. The third-order valence-electron chi connectivity index (χ3n) is 3.80. The summed E-state index contributed by atoms with van der Waals surface area (Å²) in [6.45, 7) is 0.448. The van der Waals surface area contributed by atoms with Crippen molar-refractivity contribution in [3.63, 3.8) is 0 Å². The van der Waals surface area contributed by atoms with Crippen LogP contribution in [0.5, 0.6) is 5.75 Å². The van der Waals surface area contributed by atoms with Crippen LogP contribution in [0.3, 0.4) is 0 Å². The maximum atomic E-state index is 13.4. The van der Waals surface area contributed by atoms with Crippen LogP contribution in [-0.2, 0) is 6.42 Å². The van der Waals surface area contributed by atoms with Crippen LogP contribution in [0.1, 0.15) is 17.2 Å². The van der Waals surface area contributed by atoms with E-state index in [1.165, 1.54) is 12.1 Å². The summed E-state index contributed by atoms with van der Waals surface area (Å²) in [4.78, 5) is 0. The molecule has 0 amide bonds. The van der Waals surface area contributed by atoms with E-state index < -0.39 is 11.6 Å². The molecular formula is C16H16F2N2O. The molecule has 2 atom stereocenters. The number of nitrogens with two attached hydrogens (primary N) is 1. The molecule has 21 heavy (non-hydrogen) atoms. The zero-order chi connectivity index (χ0) is 14.8. The Morgan fingerprint density at radius 2 is 1.86 bits per heavy atom. The number of benzene rings is 2. The number of hydrogen-bond donors (Lipinski definition) is 2. The van der Waals surface area contributed by atoms with Gasteiger partial charge in [-0.3, -0.25) is 11.3 Å². The fraction of sp³-hybridized carbons (Fsp3) is 0.250. The molecule has 1 aliphatic heterocycles. The molecule has 2 aromatic rings. The molecule has 5 heteroatoms. The molecule has 0 saturated heterocycles. The van der Waals surface area contributed by atoms with Crippen molar-refractivity contribution in [3.8, 4) is 5.75 Å². The smallest absolute Gasteiger partial charge is 0.126 e. The first-order chi connectivity index (χ1) is 10.2. The predicted molar refractivity (Wildman–Crippen MR) is 75.6 cm³/mol. The summed E-state index contributed by atoms with van der Waals surface area (Å²) in [5.74, 6) is 5.25. The van der Waals surface area contributed by atoms with Gasteiger partial charge in [0, 0.05) is 12.0 Å². The van der Waals surface area contributed by atoms with Crippen LogP contribution in [0.15, 0.2) is 42.5 Å². The standard InChI is InChI=1S/C16H16F2N2O/c17-13-6-11(7-14(18)8-13)16(20-19)12-5-10-3-1-2-4-15(10)21-9-12/h1-4,6-8,12,16,20H,5,9,19H2. The van der Waals surface area contributed by atoms with Gasteiger partial charge in [0.25, 0.3) is 0 Å². The molecule has 2 aromatic carbocycles. The Balaban J connectivity index is 1.88. The quantitative estimate of drug-likeness (QED) is 0.675. The van der Waals surface area contributed by atoms with Crippen LogP contribution in [0, 0.1) is 17.6 Å². The highest BCUT2D eigenvalue weighted by Gasteiger charge is 2.28. The average Bonchev–Trinajstić information content (AvgIpc) is 2.47. The number of rotatable bonds is 3. The Kier molecular flexibility index (Phi) is 3.86. The minimum Gasteiger partial charge on any atom is -0.493 e. The third kappa shape index (κ3) is 2.89. The van der Waals surface area contributed by atoms with Crippen LogP contribution in [-0.4, -0.2) is 6.61 Å². The van der Waals surface area contributed by atoms with Gasteiger partial charge in [-0.1, -0.05) is 18.2 Å². The van der Waals surface area contributed by atoms with E-state index in [1.807, 2.05) is 24.3 Å². The van der Waals surface area contributed by atoms with Crippen LogP contribution in [0.2, 0.25) is 0 Å². The van der Waals surface area contributed by atoms with Gasteiger partial charge in [-0.25, -0.2) is 8.78 Å². The van der Waals surface area contributed by atoms with E-state index in [-0.39, 0.29) is 12.0 Å². The molecular weight excluding hydrogens is 274 g/mol. The molecule has 3 N–H and O–H groups in total. The van der Waals surface area contributed by atoms with E-state index >= 15 is 0 Å². The summed E-state index contributed by atoms with van der Waals surface area (Å²) in [5.41, 5.74) is 4.22. The summed E-state index contributed by atoms with van der Waals surface area (Å²) in [6, 6.07) is 10.8. The SMILES string of the molecule is NNC(c1cc(F)cc(F)c1)C1COc2ccccc2C1. The van der Waals surface area contributed by atoms with Gasteiger partial charge in [0.1, 0.15) is 17.4 Å². The van der Waals surface area contributed by atoms with Crippen LogP contribution in [0.25, 0.3) is 0 Å². The Morgan fingerprint density at radius 1 is 1.14 bits per heavy atom. The van der Waals surface area contributed by atoms with Gasteiger partial charge in [0.05, 0.1) is 12.6 Å².